The Kier molecular flexibility index (Phi) is 8.67. The molecule has 1 aliphatic heterocycles. The lowest BCUT2D eigenvalue weighted by Crippen LogP contribution is -2.35. The highest BCUT2D eigenvalue weighted by atomic mass is 32.2. The number of carbonyl (C=O) groups is 2. The molecule has 1 saturated heterocycles. The van der Waals surface area contributed by atoms with Crippen LogP contribution in [-0.2, 0) is 24.3 Å². The van der Waals surface area contributed by atoms with Crippen molar-refractivity contribution >= 4 is 33.7 Å². The summed E-state index contributed by atoms with van der Waals surface area (Å²) < 4.78 is 42.6. The van der Waals surface area contributed by atoms with Crippen LogP contribution >= 0.6 is 0 Å². The van der Waals surface area contributed by atoms with Crippen LogP contribution in [0, 0.1) is 0 Å². The number of rotatable bonds is 9. The third kappa shape index (κ3) is 6.36. The van der Waals surface area contributed by atoms with Crippen LogP contribution in [0.1, 0.15) is 24.8 Å². The highest BCUT2D eigenvalue weighted by Gasteiger charge is 2.26. The molecule has 1 amide bonds. The molecule has 9 nitrogen and oxygen atoms in total. The number of carbonyl (C=O) groups excluding carboxylic acids is 2. The first-order valence-electron chi connectivity index (χ1n) is 10.8. The maximum atomic E-state index is 12.8. The van der Waals surface area contributed by atoms with Gasteiger partial charge >= 0.3 is 5.97 Å². The van der Waals surface area contributed by atoms with E-state index >= 15 is 0 Å². The summed E-state index contributed by atoms with van der Waals surface area (Å²) in [6, 6.07) is 11.2. The molecule has 1 N–H and O–H groups in total. The number of benzene rings is 2. The summed E-state index contributed by atoms with van der Waals surface area (Å²) in [5.41, 5.74) is 0.908. The minimum atomic E-state index is -3.62. The molecule has 182 valence electrons. The number of para-hydroxylation sites is 1. The van der Waals surface area contributed by atoms with E-state index in [4.69, 9.17) is 14.2 Å². The Balaban J connectivity index is 1.57. The second-order valence-electron chi connectivity index (χ2n) is 7.56. The molecule has 2 aromatic rings. The van der Waals surface area contributed by atoms with Gasteiger partial charge in [0, 0.05) is 30.4 Å². The van der Waals surface area contributed by atoms with Crippen LogP contribution in [0.5, 0.6) is 11.5 Å². The maximum Gasteiger partial charge on any atom is 0.331 e. The van der Waals surface area contributed by atoms with Gasteiger partial charge in [0.25, 0.3) is 5.91 Å². The molecule has 0 unspecified atom stereocenters. The van der Waals surface area contributed by atoms with E-state index in [2.05, 4.69) is 5.32 Å². The molecule has 0 aliphatic carbocycles. The number of esters is 1. The van der Waals surface area contributed by atoms with Gasteiger partial charge in [-0.3, -0.25) is 4.79 Å². The number of nitrogens with zero attached hydrogens (tertiary/aromatic N) is 1. The van der Waals surface area contributed by atoms with Crippen molar-refractivity contribution in [2.45, 2.75) is 24.2 Å². The quantitative estimate of drug-likeness (QED) is 0.427. The van der Waals surface area contributed by atoms with Crippen LogP contribution in [-0.4, -0.2) is 58.5 Å². The molecule has 0 atom stereocenters. The van der Waals surface area contributed by atoms with Crippen molar-refractivity contribution in [3.63, 3.8) is 0 Å². The average Bonchev–Trinajstić information content (AvgIpc) is 2.86. The predicted octanol–water partition coefficient (Wildman–Crippen LogP) is 3.07. The minimum Gasteiger partial charge on any atom is -0.493 e. The van der Waals surface area contributed by atoms with Crippen molar-refractivity contribution in [3.05, 3.63) is 54.1 Å². The highest BCUT2D eigenvalue weighted by Crippen LogP contribution is 2.31. The van der Waals surface area contributed by atoms with Crippen molar-refractivity contribution in [1.82, 2.24) is 4.31 Å². The molecule has 2 aromatic carbocycles. The average molecular weight is 489 g/mol. The van der Waals surface area contributed by atoms with Gasteiger partial charge in [-0.25, -0.2) is 13.2 Å². The van der Waals surface area contributed by atoms with Crippen molar-refractivity contribution in [3.8, 4) is 11.5 Å². The Morgan fingerprint density at radius 1 is 1.03 bits per heavy atom. The molecule has 10 heteroatoms. The van der Waals surface area contributed by atoms with Crippen LogP contribution in [0.4, 0.5) is 5.69 Å². The molecule has 0 spiro atoms. The van der Waals surface area contributed by atoms with Crippen LogP contribution in [0.25, 0.3) is 6.08 Å². The fraction of sp³-hybridized carbons (Fsp3) is 0.333. The van der Waals surface area contributed by atoms with Gasteiger partial charge in [-0.15, -0.1) is 0 Å². The summed E-state index contributed by atoms with van der Waals surface area (Å²) in [5.74, 6) is -0.331. The molecule has 0 bridgehead atoms. The summed E-state index contributed by atoms with van der Waals surface area (Å²) in [6.45, 7) is 0.454. The topological polar surface area (TPSA) is 111 Å². The standard InChI is InChI=1S/C24H28N2O7S/c1-31-21-11-6-8-18(24(21)32-2)12-13-23(28)33-17-22(27)25-19-9-7-10-20(16-19)34(29,30)26-14-4-3-5-15-26/h6-13,16H,3-5,14-15,17H2,1-2H3,(H,25,27)/b13-12+. The summed E-state index contributed by atoms with van der Waals surface area (Å²) in [6.07, 6.45) is 5.36. The van der Waals surface area contributed by atoms with Crippen molar-refractivity contribution in [2.75, 3.05) is 39.2 Å². The van der Waals surface area contributed by atoms with Crippen molar-refractivity contribution < 1.29 is 32.2 Å². The fourth-order valence-electron chi connectivity index (χ4n) is 3.57. The lowest BCUT2D eigenvalue weighted by atomic mass is 10.1. The summed E-state index contributed by atoms with van der Waals surface area (Å²) >= 11 is 0. The van der Waals surface area contributed by atoms with E-state index in [0.717, 1.165) is 19.3 Å². The normalized spacial score (nSPS) is 14.5. The number of sulfonamides is 1. The molecule has 1 aliphatic rings. The van der Waals surface area contributed by atoms with Gasteiger partial charge in [-0.05, 0) is 43.2 Å². The predicted molar refractivity (Wildman–Crippen MR) is 127 cm³/mol. The van der Waals surface area contributed by atoms with Gasteiger partial charge < -0.3 is 19.5 Å². The Morgan fingerprint density at radius 3 is 2.47 bits per heavy atom. The third-order valence-electron chi connectivity index (χ3n) is 5.25. The number of anilines is 1. The van der Waals surface area contributed by atoms with Gasteiger partial charge in [0.2, 0.25) is 10.0 Å². The number of piperidine rings is 1. The Morgan fingerprint density at radius 2 is 1.76 bits per heavy atom. The summed E-state index contributed by atoms with van der Waals surface area (Å²) in [7, 11) is -0.621. The molecular weight excluding hydrogens is 460 g/mol. The lowest BCUT2D eigenvalue weighted by Gasteiger charge is -2.26. The number of ether oxygens (including phenoxy) is 3. The van der Waals surface area contributed by atoms with Gasteiger partial charge in [0.15, 0.2) is 18.1 Å². The fourth-order valence-corrected chi connectivity index (χ4v) is 5.14. The molecule has 0 aromatic heterocycles. The maximum absolute atomic E-state index is 12.8. The molecule has 1 heterocycles. The molecule has 3 rings (SSSR count). The largest absolute Gasteiger partial charge is 0.493 e. The number of methoxy groups -OCH3 is 2. The van der Waals surface area contributed by atoms with E-state index < -0.39 is 28.5 Å². The Bertz CT molecular complexity index is 1160. The Hall–Kier alpha value is -3.37. The monoisotopic (exact) mass is 488 g/mol. The van der Waals surface area contributed by atoms with E-state index in [1.165, 1.54) is 42.8 Å². The van der Waals surface area contributed by atoms with Gasteiger partial charge in [-0.2, -0.15) is 4.31 Å². The first-order valence-corrected chi connectivity index (χ1v) is 12.2. The smallest absolute Gasteiger partial charge is 0.331 e. The zero-order valence-corrected chi connectivity index (χ0v) is 20.0. The van der Waals surface area contributed by atoms with Crippen LogP contribution in [0.2, 0.25) is 0 Å². The van der Waals surface area contributed by atoms with Crippen LogP contribution in [0.15, 0.2) is 53.4 Å². The minimum absolute atomic E-state index is 0.111. The van der Waals surface area contributed by atoms with E-state index in [0.29, 0.717) is 35.8 Å². The number of hydrogen-bond donors (Lipinski definition) is 1. The van der Waals surface area contributed by atoms with Crippen molar-refractivity contribution in [2.24, 2.45) is 0 Å². The van der Waals surface area contributed by atoms with Gasteiger partial charge in [0.05, 0.1) is 19.1 Å². The van der Waals surface area contributed by atoms with Crippen LogP contribution in [0.3, 0.4) is 0 Å². The van der Waals surface area contributed by atoms with Gasteiger partial charge in [-0.1, -0.05) is 24.6 Å². The molecular formula is C24H28N2O7S. The number of nitrogens with one attached hydrogen (secondary N) is 1. The van der Waals surface area contributed by atoms with E-state index in [-0.39, 0.29) is 4.90 Å². The number of hydrogen-bond acceptors (Lipinski definition) is 7. The second-order valence-corrected chi connectivity index (χ2v) is 9.50. The highest BCUT2D eigenvalue weighted by molar-refractivity contribution is 7.89. The molecule has 1 fully saturated rings. The Labute approximate surface area is 199 Å². The number of amides is 1. The lowest BCUT2D eigenvalue weighted by molar-refractivity contribution is -0.142. The zero-order chi connectivity index (χ0) is 24.6. The van der Waals surface area contributed by atoms with Crippen molar-refractivity contribution in [1.29, 1.82) is 0 Å². The summed E-state index contributed by atoms with van der Waals surface area (Å²) in [4.78, 5) is 24.4. The first-order chi connectivity index (χ1) is 16.3. The van der Waals surface area contributed by atoms with E-state index in [1.807, 2.05) is 0 Å². The molecule has 0 saturated carbocycles. The van der Waals surface area contributed by atoms with E-state index in [9.17, 15) is 18.0 Å². The van der Waals surface area contributed by atoms with E-state index in [1.54, 1.807) is 30.3 Å². The second kappa shape index (κ2) is 11.7. The SMILES string of the molecule is COc1cccc(/C=C/C(=O)OCC(=O)Nc2cccc(S(=O)(=O)N3CCCCC3)c2)c1OC. The first kappa shape index (κ1) is 25.3. The summed E-state index contributed by atoms with van der Waals surface area (Å²) in [5, 5.41) is 2.56. The van der Waals surface area contributed by atoms with Gasteiger partial charge in [0.1, 0.15) is 0 Å². The third-order valence-corrected chi connectivity index (χ3v) is 7.14. The zero-order valence-electron chi connectivity index (χ0n) is 19.2. The molecule has 0 radical (unpaired) electrons. The van der Waals surface area contributed by atoms with Crippen LogP contribution < -0.4 is 14.8 Å². The molecule has 34 heavy (non-hydrogen) atoms.